The molecular weight excluding hydrogens is 401 g/mol. The summed E-state index contributed by atoms with van der Waals surface area (Å²) in [5.41, 5.74) is 2.91. The van der Waals surface area contributed by atoms with Crippen molar-refractivity contribution in [3.05, 3.63) is 50.7 Å². The summed E-state index contributed by atoms with van der Waals surface area (Å²) < 4.78 is 13.3. The van der Waals surface area contributed by atoms with E-state index in [1.165, 1.54) is 23.5 Å². The SMILES string of the molecule is CN=C(NCCNC(=O)c1scnc1C)NCC(C)(C)c1ccc(F)cc1Cl. The van der Waals surface area contributed by atoms with Crippen molar-refractivity contribution in [1.82, 2.24) is 20.9 Å². The summed E-state index contributed by atoms with van der Waals surface area (Å²) >= 11 is 7.51. The Morgan fingerprint density at radius 2 is 2.00 bits per heavy atom. The molecule has 0 saturated carbocycles. The molecule has 0 aliphatic heterocycles. The normalized spacial score (nSPS) is 12.0. The van der Waals surface area contributed by atoms with Crippen LogP contribution in [0.4, 0.5) is 4.39 Å². The van der Waals surface area contributed by atoms with Crippen LogP contribution in [0.25, 0.3) is 0 Å². The van der Waals surface area contributed by atoms with Gasteiger partial charge in [0.05, 0.1) is 11.2 Å². The number of aryl methyl sites for hydroxylation is 1. The van der Waals surface area contributed by atoms with E-state index in [0.717, 1.165) is 11.3 Å². The number of benzene rings is 1. The molecule has 0 atom stereocenters. The Bertz CT molecular complexity index is 853. The molecule has 0 bridgehead atoms. The first-order chi connectivity index (χ1) is 13.2. The fourth-order valence-electron chi connectivity index (χ4n) is 2.62. The standard InChI is InChI=1S/C19H25ClFN5OS/c1-12-16(28-11-26-12)17(27)23-7-8-24-18(22-4)25-10-19(2,3)14-6-5-13(21)9-15(14)20/h5-6,9,11H,7-8,10H2,1-4H3,(H,23,27)(H2,22,24,25). The number of halogens is 2. The highest BCUT2D eigenvalue weighted by atomic mass is 35.5. The molecule has 1 amide bonds. The van der Waals surface area contributed by atoms with Crippen LogP contribution in [0, 0.1) is 12.7 Å². The van der Waals surface area contributed by atoms with Crippen LogP contribution in [0.15, 0.2) is 28.7 Å². The molecule has 0 saturated heterocycles. The van der Waals surface area contributed by atoms with Gasteiger partial charge in [-0.15, -0.1) is 11.3 Å². The molecule has 3 N–H and O–H groups in total. The molecule has 0 radical (unpaired) electrons. The highest BCUT2D eigenvalue weighted by Crippen LogP contribution is 2.29. The van der Waals surface area contributed by atoms with Gasteiger partial charge < -0.3 is 16.0 Å². The third-order valence-corrected chi connectivity index (χ3v) is 5.48. The summed E-state index contributed by atoms with van der Waals surface area (Å²) in [5, 5.41) is 9.64. The lowest BCUT2D eigenvalue weighted by molar-refractivity contribution is 0.0957. The van der Waals surface area contributed by atoms with Gasteiger partial charge in [0.25, 0.3) is 5.91 Å². The Balaban J connectivity index is 1.81. The van der Waals surface area contributed by atoms with E-state index in [1.807, 2.05) is 20.8 Å². The minimum absolute atomic E-state index is 0.128. The maximum absolute atomic E-state index is 13.3. The van der Waals surface area contributed by atoms with Gasteiger partial charge in [0.2, 0.25) is 0 Å². The van der Waals surface area contributed by atoms with E-state index >= 15 is 0 Å². The lowest BCUT2D eigenvalue weighted by Crippen LogP contribution is -2.45. The van der Waals surface area contributed by atoms with Crippen LogP contribution >= 0.6 is 22.9 Å². The van der Waals surface area contributed by atoms with Crippen molar-refractivity contribution in [2.45, 2.75) is 26.2 Å². The van der Waals surface area contributed by atoms with Crippen LogP contribution in [0.3, 0.4) is 0 Å². The zero-order valence-electron chi connectivity index (χ0n) is 16.4. The van der Waals surface area contributed by atoms with Gasteiger partial charge in [-0.25, -0.2) is 9.37 Å². The molecule has 0 spiro atoms. The average Bonchev–Trinajstić information content (AvgIpc) is 3.06. The van der Waals surface area contributed by atoms with Crippen molar-refractivity contribution in [1.29, 1.82) is 0 Å². The van der Waals surface area contributed by atoms with Crippen molar-refractivity contribution < 1.29 is 9.18 Å². The Morgan fingerprint density at radius 3 is 2.61 bits per heavy atom. The Hall–Kier alpha value is -2.19. The summed E-state index contributed by atoms with van der Waals surface area (Å²) in [6.07, 6.45) is 0. The summed E-state index contributed by atoms with van der Waals surface area (Å²) in [5.74, 6) is 0.122. The number of rotatable bonds is 7. The van der Waals surface area contributed by atoms with Crippen LogP contribution in [-0.2, 0) is 5.41 Å². The van der Waals surface area contributed by atoms with E-state index in [1.54, 1.807) is 18.6 Å². The number of carbonyl (C=O) groups is 1. The quantitative estimate of drug-likeness (QED) is 0.362. The van der Waals surface area contributed by atoms with E-state index in [9.17, 15) is 9.18 Å². The van der Waals surface area contributed by atoms with Gasteiger partial charge in [-0.3, -0.25) is 9.79 Å². The second-order valence-electron chi connectivity index (χ2n) is 6.88. The zero-order valence-corrected chi connectivity index (χ0v) is 18.0. The first kappa shape index (κ1) is 22.1. The highest BCUT2D eigenvalue weighted by molar-refractivity contribution is 7.11. The minimum atomic E-state index is -0.356. The molecule has 2 aromatic rings. The number of hydrogen-bond acceptors (Lipinski definition) is 4. The molecule has 0 aliphatic rings. The number of nitrogens with one attached hydrogen (secondary N) is 3. The van der Waals surface area contributed by atoms with Gasteiger partial charge in [-0.2, -0.15) is 0 Å². The number of thiazole rings is 1. The minimum Gasteiger partial charge on any atom is -0.356 e. The Kier molecular flexibility index (Phi) is 7.77. The van der Waals surface area contributed by atoms with Crippen LogP contribution in [0.1, 0.15) is 34.8 Å². The molecule has 2 rings (SSSR count). The first-order valence-corrected chi connectivity index (χ1v) is 10.1. The molecule has 28 heavy (non-hydrogen) atoms. The number of carbonyl (C=O) groups excluding carboxylic acids is 1. The van der Waals surface area contributed by atoms with E-state index in [2.05, 4.69) is 25.9 Å². The summed E-state index contributed by atoms with van der Waals surface area (Å²) in [4.78, 5) is 20.9. The molecule has 0 fully saturated rings. The lowest BCUT2D eigenvalue weighted by atomic mass is 9.84. The van der Waals surface area contributed by atoms with Crippen molar-refractivity contribution in [2.24, 2.45) is 4.99 Å². The largest absolute Gasteiger partial charge is 0.356 e. The van der Waals surface area contributed by atoms with Crippen LogP contribution in [0.5, 0.6) is 0 Å². The van der Waals surface area contributed by atoms with Crippen LogP contribution in [-0.4, -0.2) is 43.5 Å². The van der Waals surface area contributed by atoms with Crippen molar-refractivity contribution in [3.8, 4) is 0 Å². The molecule has 1 aromatic carbocycles. The van der Waals surface area contributed by atoms with Gasteiger partial charge in [-0.1, -0.05) is 31.5 Å². The summed E-state index contributed by atoms with van der Waals surface area (Å²) in [6, 6.07) is 4.43. The van der Waals surface area contributed by atoms with E-state index < -0.39 is 0 Å². The Morgan fingerprint density at radius 1 is 1.29 bits per heavy atom. The van der Waals surface area contributed by atoms with Crippen LogP contribution in [0.2, 0.25) is 5.02 Å². The summed E-state index contributed by atoms with van der Waals surface area (Å²) in [6.45, 7) is 7.36. The predicted octanol–water partition coefficient (Wildman–Crippen LogP) is 3.12. The topological polar surface area (TPSA) is 78.4 Å². The number of hydrogen-bond donors (Lipinski definition) is 3. The van der Waals surface area contributed by atoms with E-state index in [-0.39, 0.29) is 17.1 Å². The van der Waals surface area contributed by atoms with Crippen molar-refractivity contribution >= 4 is 34.8 Å². The molecule has 1 aromatic heterocycles. The predicted molar refractivity (Wildman–Crippen MR) is 113 cm³/mol. The number of aliphatic imine (C=N–C) groups is 1. The summed E-state index contributed by atoms with van der Waals surface area (Å²) in [7, 11) is 1.67. The monoisotopic (exact) mass is 425 g/mol. The smallest absolute Gasteiger partial charge is 0.263 e. The second kappa shape index (κ2) is 9.84. The number of nitrogens with zero attached hydrogens (tertiary/aromatic N) is 2. The van der Waals surface area contributed by atoms with E-state index in [4.69, 9.17) is 11.6 Å². The number of amides is 1. The fourth-order valence-corrected chi connectivity index (χ4v) is 3.76. The molecule has 0 unspecified atom stereocenters. The molecular formula is C19H25ClFN5OS. The highest BCUT2D eigenvalue weighted by Gasteiger charge is 2.24. The third-order valence-electron chi connectivity index (χ3n) is 4.24. The maximum atomic E-state index is 13.3. The van der Waals surface area contributed by atoms with Gasteiger partial charge in [0.1, 0.15) is 10.7 Å². The van der Waals surface area contributed by atoms with Crippen molar-refractivity contribution in [2.75, 3.05) is 26.7 Å². The number of guanidine groups is 1. The maximum Gasteiger partial charge on any atom is 0.263 e. The molecule has 1 heterocycles. The van der Waals surface area contributed by atoms with E-state index in [0.29, 0.717) is 35.5 Å². The van der Waals surface area contributed by atoms with Gasteiger partial charge in [0, 0.05) is 37.1 Å². The lowest BCUT2D eigenvalue weighted by Gasteiger charge is -2.27. The Labute approximate surface area is 173 Å². The van der Waals surface area contributed by atoms with Crippen LogP contribution < -0.4 is 16.0 Å². The molecule has 152 valence electrons. The first-order valence-electron chi connectivity index (χ1n) is 8.83. The van der Waals surface area contributed by atoms with Gasteiger partial charge in [0.15, 0.2) is 5.96 Å². The number of aromatic nitrogens is 1. The zero-order chi connectivity index (χ0) is 20.7. The van der Waals surface area contributed by atoms with Gasteiger partial charge in [-0.05, 0) is 24.6 Å². The average molecular weight is 426 g/mol. The third kappa shape index (κ3) is 5.90. The molecule has 6 nitrogen and oxygen atoms in total. The second-order valence-corrected chi connectivity index (χ2v) is 8.15. The molecule has 9 heteroatoms. The van der Waals surface area contributed by atoms with Gasteiger partial charge >= 0.3 is 0 Å². The van der Waals surface area contributed by atoms with Crippen molar-refractivity contribution in [3.63, 3.8) is 0 Å². The molecule has 0 aliphatic carbocycles. The fraction of sp³-hybridized carbons (Fsp3) is 0.421.